The molecule has 1 aliphatic rings. The molecular weight excluding hydrogens is 485 g/mol. The van der Waals surface area contributed by atoms with Crippen molar-refractivity contribution in [3.63, 3.8) is 0 Å². The highest BCUT2D eigenvalue weighted by Crippen LogP contribution is 2.37. The molecule has 0 saturated heterocycles. The topological polar surface area (TPSA) is 158 Å². The molecule has 4 N–H and O–H groups in total. The lowest BCUT2D eigenvalue weighted by molar-refractivity contribution is 0.0880. The Hall–Kier alpha value is -3.38. The molecule has 0 spiro atoms. The minimum Gasteiger partial charge on any atom is -0.455 e. The number of imide groups is 1. The molecule has 0 unspecified atom stereocenters. The Morgan fingerprint density at radius 3 is 2.28 bits per heavy atom. The van der Waals surface area contributed by atoms with Crippen LogP contribution in [0.2, 0.25) is 10.0 Å². The van der Waals surface area contributed by atoms with Crippen LogP contribution in [0.15, 0.2) is 52.2 Å². The number of pyridine rings is 1. The number of carbonyl (C=O) groups excluding carboxylic acids is 2. The number of rotatable bonds is 4. The number of nitrogens with two attached hydrogens (primary N) is 1. The predicted octanol–water partition coefficient (Wildman–Crippen LogP) is 2.65. The summed E-state index contributed by atoms with van der Waals surface area (Å²) >= 11 is 11.9. The lowest BCUT2D eigenvalue weighted by Crippen LogP contribution is -2.24. The van der Waals surface area contributed by atoms with Crippen molar-refractivity contribution in [2.75, 3.05) is 5.73 Å². The molecular formula is C19H11Cl2N3O7S. The fourth-order valence-corrected chi connectivity index (χ4v) is 4.27. The first-order chi connectivity index (χ1) is 15.0. The SMILES string of the molecule is Nc1c2c(cc(=O)n1-c1cc(Cl)c(S(=O)(=O)O)cc1Oc1ccc(Cl)cc1)C(=O)NC2=O. The van der Waals surface area contributed by atoms with E-state index in [1.54, 1.807) is 0 Å². The molecule has 0 radical (unpaired) electrons. The second-order valence-corrected chi connectivity index (χ2v) is 8.79. The van der Waals surface area contributed by atoms with Crippen LogP contribution in [0.5, 0.6) is 11.5 Å². The van der Waals surface area contributed by atoms with Crippen LogP contribution in [0, 0.1) is 0 Å². The third kappa shape index (κ3) is 3.71. The van der Waals surface area contributed by atoms with Gasteiger partial charge < -0.3 is 10.5 Å². The molecule has 2 aromatic carbocycles. The Morgan fingerprint density at radius 1 is 1.00 bits per heavy atom. The van der Waals surface area contributed by atoms with Gasteiger partial charge in [-0.3, -0.25) is 28.8 Å². The van der Waals surface area contributed by atoms with Crippen LogP contribution in [-0.2, 0) is 10.1 Å². The Labute approximate surface area is 189 Å². The van der Waals surface area contributed by atoms with Gasteiger partial charge >= 0.3 is 0 Å². The summed E-state index contributed by atoms with van der Waals surface area (Å²) in [6.45, 7) is 0. The van der Waals surface area contributed by atoms with E-state index in [4.69, 9.17) is 33.7 Å². The number of nitrogen functional groups attached to an aromatic ring is 1. The standard InChI is InChI=1S/C19H11Cl2N3O7S/c20-8-1-3-9(4-2-8)31-13-7-14(32(28,29)30)11(21)6-12(13)24-15(25)5-10-16(17(24)22)19(27)23-18(10)26/h1-7H,22H2,(H,23,26,27)(H,28,29,30). The van der Waals surface area contributed by atoms with E-state index < -0.39 is 43.2 Å². The minimum atomic E-state index is -4.76. The summed E-state index contributed by atoms with van der Waals surface area (Å²) in [4.78, 5) is 36.1. The normalized spacial score (nSPS) is 13.1. The van der Waals surface area contributed by atoms with Crippen LogP contribution in [0.25, 0.3) is 5.69 Å². The summed E-state index contributed by atoms with van der Waals surface area (Å²) in [6.07, 6.45) is 0. The van der Waals surface area contributed by atoms with Crippen LogP contribution in [0.1, 0.15) is 20.7 Å². The van der Waals surface area contributed by atoms with Gasteiger partial charge in [0.1, 0.15) is 16.5 Å². The molecule has 0 fully saturated rings. The highest BCUT2D eigenvalue weighted by molar-refractivity contribution is 7.86. The van der Waals surface area contributed by atoms with E-state index in [0.717, 1.165) is 22.8 Å². The van der Waals surface area contributed by atoms with E-state index in [-0.39, 0.29) is 28.3 Å². The quantitative estimate of drug-likeness (QED) is 0.368. The lowest BCUT2D eigenvalue weighted by Gasteiger charge is -2.17. The monoisotopic (exact) mass is 495 g/mol. The molecule has 1 aliphatic heterocycles. The van der Waals surface area contributed by atoms with Crippen molar-refractivity contribution in [1.29, 1.82) is 0 Å². The fourth-order valence-electron chi connectivity index (χ4n) is 3.14. The largest absolute Gasteiger partial charge is 0.455 e. The molecule has 2 amide bonds. The number of ether oxygens (including phenoxy) is 1. The number of halogens is 2. The smallest absolute Gasteiger partial charge is 0.296 e. The summed E-state index contributed by atoms with van der Waals surface area (Å²) < 4.78 is 39.5. The maximum absolute atomic E-state index is 12.8. The molecule has 3 aromatic rings. The number of benzene rings is 2. The molecule has 0 atom stereocenters. The van der Waals surface area contributed by atoms with E-state index in [9.17, 15) is 27.4 Å². The van der Waals surface area contributed by atoms with Crippen molar-refractivity contribution in [3.8, 4) is 17.2 Å². The molecule has 4 rings (SSSR count). The minimum absolute atomic E-state index is 0.144. The van der Waals surface area contributed by atoms with Gasteiger partial charge in [0.25, 0.3) is 27.5 Å². The van der Waals surface area contributed by atoms with Crippen LogP contribution >= 0.6 is 23.2 Å². The van der Waals surface area contributed by atoms with Crippen LogP contribution in [0.4, 0.5) is 5.82 Å². The lowest BCUT2D eigenvalue weighted by atomic mass is 10.1. The predicted molar refractivity (Wildman–Crippen MR) is 115 cm³/mol. The van der Waals surface area contributed by atoms with E-state index >= 15 is 0 Å². The van der Waals surface area contributed by atoms with E-state index in [1.165, 1.54) is 24.3 Å². The maximum atomic E-state index is 12.8. The molecule has 0 aliphatic carbocycles. The molecule has 1 aromatic heterocycles. The van der Waals surface area contributed by atoms with Gasteiger partial charge in [0, 0.05) is 17.2 Å². The average Bonchev–Trinajstić information content (AvgIpc) is 2.97. The number of hydrogen-bond acceptors (Lipinski definition) is 7. The molecule has 0 saturated carbocycles. The van der Waals surface area contributed by atoms with Crippen molar-refractivity contribution < 1.29 is 27.3 Å². The Balaban J connectivity index is 2.01. The second-order valence-electron chi connectivity index (χ2n) is 6.56. The van der Waals surface area contributed by atoms with Gasteiger partial charge in [-0.25, -0.2) is 0 Å². The number of anilines is 1. The van der Waals surface area contributed by atoms with Gasteiger partial charge in [-0.15, -0.1) is 0 Å². The maximum Gasteiger partial charge on any atom is 0.296 e. The van der Waals surface area contributed by atoms with Gasteiger partial charge in [0.05, 0.1) is 21.8 Å². The third-order valence-electron chi connectivity index (χ3n) is 4.53. The number of nitrogens with one attached hydrogen (secondary N) is 1. The molecule has 0 bridgehead atoms. The fraction of sp³-hybridized carbons (Fsp3) is 0. The third-order valence-corrected chi connectivity index (χ3v) is 6.10. The first-order valence-corrected chi connectivity index (χ1v) is 10.8. The van der Waals surface area contributed by atoms with Gasteiger partial charge in [0.15, 0.2) is 5.75 Å². The summed E-state index contributed by atoms with van der Waals surface area (Å²) in [5, 5.41) is 2.00. The number of amides is 2. The number of aromatic nitrogens is 1. The molecule has 10 nitrogen and oxygen atoms in total. The van der Waals surface area contributed by atoms with Crippen molar-refractivity contribution in [3.05, 3.63) is 74.0 Å². The second kappa shape index (κ2) is 7.64. The first-order valence-electron chi connectivity index (χ1n) is 8.63. The van der Waals surface area contributed by atoms with E-state index in [0.29, 0.717) is 5.02 Å². The van der Waals surface area contributed by atoms with Crippen LogP contribution in [-0.4, -0.2) is 29.4 Å². The zero-order valence-corrected chi connectivity index (χ0v) is 18.0. The number of nitrogens with zero attached hydrogens (tertiary/aromatic N) is 1. The molecule has 2 heterocycles. The van der Waals surface area contributed by atoms with Crippen molar-refractivity contribution in [1.82, 2.24) is 9.88 Å². The highest BCUT2D eigenvalue weighted by Gasteiger charge is 2.33. The zero-order chi connectivity index (χ0) is 23.4. The van der Waals surface area contributed by atoms with Gasteiger partial charge in [0.2, 0.25) is 0 Å². The Bertz CT molecular complexity index is 1480. The van der Waals surface area contributed by atoms with Gasteiger partial charge in [-0.05, 0) is 30.3 Å². The van der Waals surface area contributed by atoms with Crippen LogP contribution in [0.3, 0.4) is 0 Å². The number of carbonyl (C=O) groups is 2. The number of hydrogen-bond donors (Lipinski definition) is 3. The van der Waals surface area contributed by atoms with Crippen molar-refractivity contribution >= 4 is 51.0 Å². The molecule has 13 heteroatoms. The van der Waals surface area contributed by atoms with E-state index in [1.807, 2.05) is 5.32 Å². The number of fused-ring (bicyclic) bond motifs is 1. The van der Waals surface area contributed by atoms with Crippen molar-refractivity contribution in [2.45, 2.75) is 4.90 Å². The summed E-state index contributed by atoms with van der Waals surface area (Å²) in [6, 6.07) is 8.76. The Morgan fingerprint density at radius 2 is 1.66 bits per heavy atom. The summed E-state index contributed by atoms with van der Waals surface area (Å²) in [5.41, 5.74) is 4.65. The molecule has 164 valence electrons. The van der Waals surface area contributed by atoms with E-state index in [2.05, 4.69) is 0 Å². The molecule has 32 heavy (non-hydrogen) atoms. The van der Waals surface area contributed by atoms with Gasteiger partial charge in [-0.1, -0.05) is 23.2 Å². The zero-order valence-electron chi connectivity index (χ0n) is 15.6. The highest BCUT2D eigenvalue weighted by atomic mass is 35.5. The van der Waals surface area contributed by atoms with Crippen LogP contribution < -0.4 is 21.3 Å². The summed E-state index contributed by atoms with van der Waals surface area (Å²) in [7, 11) is -4.76. The first kappa shape index (κ1) is 21.8. The van der Waals surface area contributed by atoms with Crippen molar-refractivity contribution in [2.24, 2.45) is 0 Å². The Kier molecular flexibility index (Phi) is 5.21. The summed E-state index contributed by atoms with van der Waals surface area (Å²) in [5.74, 6) is -2.04. The average molecular weight is 496 g/mol. The van der Waals surface area contributed by atoms with Gasteiger partial charge in [-0.2, -0.15) is 8.42 Å².